The molecule has 2 N–H and O–H groups in total. The zero-order valence-electron chi connectivity index (χ0n) is 8.89. The molecule has 0 saturated heterocycles. The van der Waals surface area contributed by atoms with E-state index in [0.29, 0.717) is 5.56 Å². The highest BCUT2D eigenvalue weighted by Gasteiger charge is 1.97. The molecule has 0 saturated carbocycles. The zero-order valence-corrected chi connectivity index (χ0v) is 8.89. The third-order valence-electron chi connectivity index (χ3n) is 2.48. The van der Waals surface area contributed by atoms with E-state index in [1.807, 2.05) is 48.5 Å². The van der Waals surface area contributed by atoms with E-state index in [2.05, 4.69) is 0 Å². The van der Waals surface area contributed by atoms with Gasteiger partial charge in [-0.25, -0.2) is 0 Å². The predicted octanol–water partition coefficient (Wildman–Crippen LogP) is 2.67. The van der Waals surface area contributed by atoms with Crippen molar-refractivity contribution in [2.45, 2.75) is 6.42 Å². The lowest BCUT2D eigenvalue weighted by Crippen LogP contribution is -1.91. The van der Waals surface area contributed by atoms with Crippen LogP contribution < -0.4 is 5.73 Å². The summed E-state index contributed by atoms with van der Waals surface area (Å²) in [4.78, 5) is 10.5. The number of carbonyl (C=O) groups excluding carboxylic acids is 1. The van der Waals surface area contributed by atoms with E-state index in [1.54, 1.807) is 0 Å². The number of hydrogen-bond donors (Lipinski definition) is 1. The Bertz CT molecular complexity index is 488. The van der Waals surface area contributed by atoms with Crippen molar-refractivity contribution in [2.75, 3.05) is 5.73 Å². The van der Waals surface area contributed by atoms with Crippen LogP contribution in [-0.2, 0) is 6.42 Å². The van der Waals surface area contributed by atoms with Gasteiger partial charge in [0.1, 0.15) is 6.29 Å². The van der Waals surface area contributed by atoms with Crippen LogP contribution in [0.5, 0.6) is 0 Å². The maximum Gasteiger partial charge on any atom is 0.150 e. The lowest BCUT2D eigenvalue weighted by atomic mass is 10.0. The normalized spacial score (nSPS) is 10.0. The van der Waals surface area contributed by atoms with Gasteiger partial charge in [-0.15, -0.1) is 0 Å². The van der Waals surface area contributed by atoms with Crippen LogP contribution in [0.3, 0.4) is 0 Å². The van der Waals surface area contributed by atoms with Crippen LogP contribution in [-0.4, -0.2) is 6.29 Å². The second-order valence-corrected chi connectivity index (χ2v) is 3.78. The Labute approximate surface area is 94.7 Å². The lowest BCUT2D eigenvalue weighted by Gasteiger charge is -2.03. The van der Waals surface area contributed by atoms with Gasteiger partial charge in [-0.3, -0.25) is 4.79 Å². The molecule has 0 aliphatic heterocycles. The summed E-state index contributed by atoms with van der Waals surface area (Å²) in [6.45, 7) is 0. The van der Waals surface area contributed by atoms with Gasteiger partial charge in [0.15, 0.2) is 0 Å². The Morgan fingerprint density at radius 2 is 1.75 bits per heavy atom. The fraction of sp³-hybridized carbons (Fsp3) is 0.0714. The number of benzene rings is 2. The van der Waals surface area contributed by atoms with E-state index < -0.39 is 0 Å². The van der Waals surface area contributed by atoms with Crippen molar-refractivity contribution < 1.29 is 4.79 Å². The Morgan fingerprint density at radius 3 is 2.38 bits per heavy atom. The molecule has 0 bridgehead atoms. The monoisotopic (exact) mass is 211 g/mol. The van der Waals surface area contributed by atoms with E-state index in [-0.39, 0.29) is 0 Å². The summed E-state index contributed by atoms with van der Waals surface area (Å²) in [5, 5.41) is 0. The van der Waals surface area contributed by atoms with E-state index in [0.717, 1.165) is 18.4 Å². The van der Waals surface area contributed by atoms with Crippen molar-refractivity contribution in [3.05, 3.63) is 65.2 Å². The Balaban J connectivity index is 2.17. The largest absolute Gasteiger partial charge is 0.399 e. The molecule has 0 fully saturated rings. The van der Waals surface area contributed by atoms with Crippen LogP contribution in [0.1, 0.15) is 21.5 Å². The first-order chi connectivity index (χ1) is 7.78. The van der Waals surface area contributed by atoms with E-state index in [1.165, 1.54) is 11.1 Å². The minimum atomic E-state index is 0.705. The summed E-state index contributed by atoms with van der Waals surface area (Å²) in [6.07, 6.45) is 1.69. The van der Waals surface area contributed by atoms with Gasteiger partial charge in [-0.05, 0) is 29.7 Å². The minimum absolute atomic E-state index is 0.705. The Kier molecular flexibility index (Phi) is 3.01. The first-order valence-electron chi connectivity index (χ1n) is 5.16. The second-order valence-electron chi connectivity index (χ2n) is 3.78. The first-order valence-corrected chi connectivity index (χ1v) is 5.16. The van der Waals surface area contributed by atoms with Gasteiger partial charge in [-0.2, -0.15) is 0 Å². The molecular formula is C14H13NO. The van der Waals surface area contributed by atoms with Crippen molar-refractivity contribution in [3.63, 3.8) is 0 Å². The van der Waals surface area contributed by atoms with Crippen molar-refractivity contribution in [2.24, 2.45) is 0 Å². The summed E-state index contributed by atoms with van der Waals surface area (Å²) >= 11 is 0. The number of nitrogens with two attached hydrogens (primary N) is 1. The average molecular weight is 211 g/mol. The molecule has 2 rings (SSSR count). The second kappa shape index (κ2) is 4.62. The summed E-state index contributed by atoms with van der Waals surface area (Å²) < 4.78 is 0. The third kappa shape index (κ3) is 2.48. The van der Waals surface area contributed by atoms with Crippen molar-refractivity contribution >= 4 is 12.0 Å². The number of rotatable bonds is 3. The van der Waals surface area contributed by atoms with E-state index in [4.69, 9.17) is 5.73 Å². The molecule has 2 nitrogen and oxygen atoms in total. The zero-order chi connectivity index (χ0) is 11.4. The molecule has 0 aromatic heterocycles. The molecule has 0 spiro atoms. The van der Waals surface area contributed by atoms with Crippen LogP contribution in [0.2, 0.25) is 0 Å². The summed E-state index contributed by atoms with van der Waals surface area (Å²) in [5.74, 6) is 0. The molecule has 80 valence electrons. The summed E-state index contributed by atoms with van der Waals surface area (Å²) in [7, 11) is 0. The molecule has 2 aromatic rings. The molecule has 0 atom stereocenters. The molecule has 0 radical (unpaired) electrons. The predicted molar refractivity (Wildman–Crippen MR) is 65.5 cm³/mol. The smallest absolute Gasteiger partial charge is 0.150 e. The fourth-order valence-corrected chi connectivity index (χ4v) is 1.65. The lowest BCUT2D eigenvalue weighted by molar-refractivity contribution is 0.112. The maximum absolute atomic E-state index is 10.5. The number of nitrogen functional groups attached to an aromatic ring is 1. The summed E-state index contributed by atoms with van der Waals surface area (Å²) in [6, 6.07) is 15.4. The standard InChI is InChI=1S/C14H13NO/c15-14-3-1-2-13(9-14)8-11-4-6-12(10-16)7-5-11/h1-7,9-10H,8,15H2. The van der Waals surface area contributed by atoms with Crippen molar-refractivity contribution in [3.8, 4) is 0 Å². The number of anilines is 1. The molecule has 0 unspecified atom stereocenters. The van der Waals surface area contributed by atoms with Gasteiger partial charge in [-0.1, -0.05) is 36.4 Å². The Hall–Kier alpha value is -2.09. The van der Waals surface area contributed by atoms with Gasteiger partial charge >= 0.3 is 0 Å². The minimum Gasteiger partial charge on any atom is -0.399 e. The Morgan fingerprint density at radius 1 is 1.00 bits per heavy atom. The van der Waals surface area contributed by atoms with Gasteiger partial charge in [0.2, 0.25) is 0 Å². The van der Waals surface area contributed by atoms with Crippen LogP contribution in [0.4, 0.5) is 5.69 Å². The third-order valence-corrected chi connectivity index (χ3v) is 2.48. The molecule has 2 heteroatoms. The molecule has 0 amide bonds. The fourth-order valence-electron chi connectivity index (χ4n) is 1.65. The van der Waals surface area contributed by atoms with Gasteiger partial charge < -0.3 is 5.73 Å². The van der Waals surface area contributed by atoms with Gasteiger partial charge in [0.05, 0.1) is 0 Å². The molecule has 0 aliphatic carbocycles. The number of carbonyl (C=O) groups is 1. The first kappa shape index (κ1) is 10.4. The quantitative estimate of drug-likeness (QED) is 0.626. The topological polar surface area (TPSA) is 43.1 Å². The van der Waals surface area contributed by atoms with Gasteiger partial charge in [0.25, 0.3) is 0 Å². The highest BCUT2D eigenvalue weighted by atomic mass is 16.1. The SMILES string of the molecule is Nc1cccc(Cc2ccc(C=O)cc2)c1. The van der Waals surface area contributed by atoms with Crippen LogP contribution in [0.25, 0.3) is 0 Å². The van der Waals surface area contributed by atoms with Crippen LogP contribution in [0.15, 0.2) is 48.5 Å². The molecule has 0 heterocycles. The highest BCUT2D eigenvalue weighted by molar-refractivity contribution is 5.74. The number of hydrogen-bond acceptors (Lipinski definition) is 2. The van der Waals surface area contributed by atoms with Crippen molar-refractivity contribution in [1.29, 1.82) is 0 Å². The number of aldehydes is 1. The van der Waals surface area contributed by atoms with Crippen LogP contribution in [0, 0.1) is 0 Å². The maximum atomic E-state index is 10.5. The summed E-state index contributed by atoms with van der Waals surface area (Å²) in [5.41, 5.74) is 9.55. The highest BCUT2D eigenvalue weighted by Crippen LogP contribution is 2.12. The van der Waals surface area contributed by atoms with Crippen molar-refractivity contribution in [1.82, 2.24) is 0 Å². The van der Waals surface area contributed by atoms with E-state index >= 15 is 0 Å². The molecular weight excluding hydrogens is 198 g/mol. The van der Waals surface area contributed by atoms with Gasteiger partial charge in [0, 0.05) is 11.3 Å². The molecule has 16 heavy (non-hydrogen) atoms. The molecule has 2 aromatic carbocycles. The van der Waals surface area contributed by atoms with Crippen LogP contribution >= 0.6 is 0 Å². The molecule has 0 aliphatic rings. The average Bonchev–Trinajstić information content (AvgIpc) is 2.30. The van der Waals surface area contributed by atoms with E-state index in [9.17, 15) is 4.79 Å².